The van der Waals surface area contributed by atoms with Crippen molar-refractivity contribution in [3.63, 3.8) is 0 Å². The quantitative estimate of drug-likeness (QED) is 0.449. The van der Waals surface area contributed by atoms with E-state index in [-0.39, 0.29) is 18.1 Å². The van der Waals surface area contributed by atoms with E-state index >= 15 is 0 Å². The van der Waals surface area contributed by atoms with Gasteiger partial charge in [0.25, 0.3) is 5.89 Å². The SMILES string of the molecule is CCCC(C)(CCNC=O)c1nnc(COc2ccc(OC(C)C)nc2)o1. The number of hydrogen-bond acceptors (Lipinski definition) is 7. The number of rotatable bonds is 12. The largest absolute Gasteiger partial charge is 0.482 e. The lowest BCUT2D eigenvalue weighted by molar-refractivity contribution is -0.109. The van der Waals surface area contributed by atoms with Crippen molar-refractivity contribution in [1.82, 2.24) is 20.5 Å². The molecule has 148 valence electrons. The number of carbonyl (C=O) groups is 1. The molecule has 8 heteroatoms. The van der Waals surface area contributed by atoms with Crippen LogP contribution in [0.5, 0.6) is 11.6 Å². The predicted octanol–water partition coefficient (Wildman–Crippen LogP) is 3.02. The molecule has 0 bridgehead atoms. The van der Waals surface area contributed by atoms with Gasteiger partial charge in [0.1, 0.15) is 5.75 Å². The Morgan fingerprint density at radius 1 is 1.30 bits per heavy atom. The van der Waals surface area contributed by atoms with Crippen LogP contribution < -0.4 is 14.8 Å². The normalized spacial score (nSPS) is 13.2. The minimum Gasteiger partial charge on any atom is -0.482 e. The van der Waals surface area contributed by atoms with E-state index in [1.165, 1.54) is 0 Å². The number of ether oxygens (including phenoxy) is 2. The van der Waals surface area contributed by atoms with E-state index < -0.39 is 0 Å². The Morgan fingerprint density at radius 3 is 2.74 bits per heavy atom. The van der Waals surface area contributed by atoms with Gasteiger partial charge in [0, 0.05) is 18.0 Å². The van der Waals surface area contributed by atoms with Gasteiger partial charge in [0.05, 0.1) is 12.3 Å². The first-order chi connectivity index (χ1) is 13.0. The Balaban J connectivity index is 1.96. The highest BCUT2D eigenvalue weighted by Crippen LogP contribution is 2.31. The average Bonchev–Trinajstić information content (AvgIpc) is 3.11. The zero-order valence-electron chi connectivity index (χ0n) is 16.4. The number of hydrogen-bond donors (Lipinski definition) is 1. The van der Waals surface area contributed by atoms with E-state index in [0.717, 1.165) is 19.3 Å². The second kappa shape index (κ2) is 9.89. The van der Waals surface area contributed by atoms with E-state index in [9.17, 15) is 4.79 Å². The fourth-order valence-corrected chi connectivity index (χ4v) is 2.76. The molecule has 0 fully saturated rings. The second-order valence-corrected chi connectivity index (χ2v) is 6.92. The lowest BCUT2D eigenvalue weighted by atomic mass is 9.82. The Hall–Kier alpha value is -2.64. The summed E-state index contributed by atoms with van der Waals surface area (Å²) in [4.78, 5) is 14.7. The summed E-state index contributed by atoms with van der Waals surface area (Å²) in [5.41, 5.74) is -0.284. The third kappa shape index (κ3) is 6.23. The summed E-state index contributed by atoms with van der Waals surface area (Å²) in [5.74, 6) is 2.11. The molecular formula is C19H28N4O4. The summed E-state index contributed by atoms with van der Waals surface area (Å²) < 4.78 is 17.0. The number of pyridine rings is 1. The van der Waals surface area contributed by atoms with Crippen LogP contribution in [0, 0.1) is 0 Å². The first kappa shape index (κ1) is 20.7. The molecule has 0 radical (unpaired) electrons. The maximum Gasteiger partial charge on any atom is 0.253 e. The molecule has 2 rings (SSSR count). The molecule has 2 aromatic rings. The lowest BCUT2D eigenvalue weighted by Crippen LogP contribution is -2.28. The number of carbonyl (C=O) groups excluding carboxylic acids is 1. The highest BCUT2D eigenvalue weighted by molar-refractivity contribution is 5.45. The van der Waals surface area contributed by atoms with Gasteiger partial charge >= 0.3 is 0 Å². The van der Waals surface area contributed by atoms with Crippen LogP contribution in [-0.4, -0.2) is 34.2 Å². The van der Waals surface area contributed by atoms with Crippen molar-refractivity contribution >= 4 is 6.41 Å². The molecule has 0 saturated carbocycles. The van der Waals surface area contributed by atoms with Crippen LogP contribution in [0.15, 0.2) is 22.7 Å². The van der Waals surface area contributed by atoms with Gasteiger partial charge in [-0.05, 0) is 32.8 Å². The molecule has 1 unspecified atom stereocenters. The van der Waals surface area contributed by atoms with Gasteiger partial charge in [-0.15, -0.1) is 10.2 Å². The Kier molecular flexibility index (Phi) is 7.57. The molecule has 1 N–H and O–H groups in total. The molecule has 0 spiro atoms. The van der Waals surface area contributed by atoms with Crippen molar-refractivity contribution in [2.24, 2.45) is 0 Å². The van der Waals surface area contributed by atoms with Crippen LogP contribution in [-0.2, 0) is 16.8 Å². The van der Waals surface area contributed by atoms with Crippen LogP contribution in [0.2, 0.25) is 0 Å². The van der Waals surface area contributed by atoms with Crippen LogP contribution in [0.3, 0.4) is 0 Å². The van der Waals surface area contributed by atoms with Gasteiger partial charge in [-0.2, -0.15) is 0 Å². The Labute approximate surface area is 159 Å². The van der Waals surface area contributed by atoms with Crippen molar-refractivity contribution in [2.75, 3.05) is 6.54 Å². The monoisotopic (exact) mass is 376 g/mol. The maximum absolute atomic E-state index is 10.5. The van der Waals surface area contributed by atoms with Gasteiger partial charge in [0.15, 0.2) is 6.61 Å². The fraction of sp³-hybridized carbons (Fsp3) is 0.579. The van der Waals surface area contributed by atoms with Crippen molar-refractivity contribution < 1.29 is 18.7 Å². The number of aromatic nitrogens is 3. The molecule has 1 amide bonds. The summed E-state index contributed by atoms with van der Waals surface area (Å²) >= 11 is 0. The Bertz CT molecular complexity index is 702. The molecule has 1 atom stereocenters. The van der Waals surface area contributed by atoms with Crippen LogP contribution >= 0.6 is 0 Å². The third-order valence-electron chi connectivity index (χ3n) is 4.12. The highest BCUT2D eigenvalue weighted by atomic mass is 16.5. The van der Waals surface area contributed by atoms with Crippen LogP contribution in [0.1, 0.15) is 58.7 Å². The van der Waals surface area contributed by atoms with Gasteiger partial charge in [-0.3, -0.25) is 4.79 Å². The maximum atomic E-state index is 10.5. The zero-order chi connectivity index (χ0) is 19.7. The van der Waals surface area contributed by atoms with Crippen molar-refractivity contribution in [3.05, 3.63) is 30.1 Å². The second-order valence-electron chi connectivity index (χ2n) is 6.92. The summed E-state index contributed by atoms with van der Waals surface area (Å²) in [6.07, 6.45) is 4.95. The predicted molar refractivity (Wildman–Crippen MR) is 99.6 cm³/mol. The van der Waals surface area contributed by atoms with Gasteiger partial charge in [-0.1, -0.05) is 20.3 Å². The lowest BCUT2D eigenvalue weighted by Gasteiger charge is -2.24. The molecule has 2 aromatic heterocycles. The smallest absolute Gasteiger partial charge is 0.253 e. The molecule has 0 aliphatic rings. The van der Waals surface area contributed by atoms with Gasteiger partial charge in [0.2, 0.25) is 18.2 Å². The number of amides is 1. The van der Waals surface area contributed by atoms with Crippen LogP contribution in [0.4, 0.5) is 0 Å². The molecule has 0 aliphatic heterocycles. The van der Waals surface area contributed by atoms with E-state index in [0.29, 0.717) is 36.4 Å². The number of nitrogens with zero attached hydrogens (tertiary/aromatic N) is 3. The third-order valence-corrected chi connectivity index (χ3v) is 4.12. The molecule has 0 aliphatic carbocycles. The fourth-order valence-electron chi connectivity index (χ4n) is 2.76. The average molecular weight is 376 g/mol. The Morgan fingerprint density at radius 2 is 2.11 bits per heavy atom. The van der Waals surface area contributed by atoms with Crippen molar-refractivity contribution in [2.45, 2.75) is 65.1 Å². The summed E-state index contributed by atoms with van der Waals surface area (Å²) in [5, 5.41) is 11.0. The first-order valence-electron chi connectivity index (χ1n) is 9.22. The molecule has 0 saturated heterocycles. The summed E-state index contributed by atoms with van der Waals surface area (Å²) in [6, 6.07) is 3.54. The number of nitrogens with one attached hydrogen (secondary N) is 1. The van der Waals surface area contributed by atoms with Crippen LogP contribution in [0.25, 0.3) is 0 Å². The van der Waals surface area contributed by atoms with Crippen molar-refractivity contribution in [3.8, 4) is 11.6 Å². The van der Waals surface area contributed by atoms with E-state index in [2.05, 4.69) is 34.3 Å². The van der Waals surface area contributed by atoms with Gasteiger partial charge in [-0.25, -0.2) is 4.98 Å². The van der Waals surface area contributed by atoms with E-state index in [1.54, 1.807) is 18.3 Å². The molecular weight excluding hydrogens is 348 g/mol. The zero-order valence-corrected chi connectivity index (χ0v) is 16.4. The van der Waals surface area contributed by atoms with Gasteiger partial charge < -0.3 is 19.2 Å². The molecule has 0 aromatic carbocycles. The summed E-state index contributed by atoms with van der Waals surface area (Å²) in [7, 11) is 0. The van der Waals surface area contributed by atoms with E-state index in [1.807, 2.05) is 13.8 Å². The molecule has 2 heterocycles. The summed E-state index contributed by atoms with van der Waals surface area (Å²) in [6.45, 7) is 8.78. The van der Waals surface area contributed by atoms with E-state index in [4.69, 9.17) is 13.9 Å². The first-order valence-corrected chi connectivity index (χ1v) is 9.22. The minimum absolute atomic E-state index is 0.0697. The minimum atomic E-state index is -0.284. The standard InChI is InChI=1S/C19H28N4O4/c1-5-8-19(4,9-10-20-13-24)18-23-22-17(27-18)12-25-15-6-7-16(21-11-15)26-14(2)3/h6-7,11,13-14H,5,8-10,12H2,1-4H3,(H,20,24). The highest BCUT2D eigenvalue weighted by Gasteiger charge is 2.31. The molecule has 27 heavy (non-hydrogen) atoms. The molecule has 8 nitrogen and oxygen atoms in total. The topological polar surface area (TPSA) is 99.4 Å². The van der Waals surface area contributed by atoms with Crippen molar-refractivity contribution in [1.29, 1.82) is 0 Å².